The van der Waals surface area contributed by atoms with Crippen LogP contribution in [0.25, 0.3) is 0 Å². The van der Waals surface area contributed by atoms with Crippen LogP contribution >= 0.6 is 0 Å². The van der Waals surface area contributed by atoms with Crippen LogP contribution in [0.4, 0.5) is 8.78 Å². The Kier molecular flexibility index (Phi) is 3.55. The van der Waals surface area contributed by atoms with Gasteiger partial charge in [-0.1, -0.05) is 0 Å². The lowest BCUT2D eigenvalue weighted by Gasteiger charge is -2.22. The SMILES string of the molecule is CN(C)C(CO)c1cc(F)ccc1F. The van der Waals surface area contributed by atoms with E-state index in [1.54, 1.807) is 19.0 Å². The molecule has 0 spiro atoms. The minimum absolute atomic E-state index is 0.178. The first-order valence-corrected chi connectivity index (χ1v) is 4.28. The fourth-order valence-electron chi connectivity index (χ4n) is 1.31. The lowest BCUT2D eigenvalue weighted by atomic mass is 10.1. The molecule has 0 aromatic heterocycles. The molecule has 4 heteroatoms. The van der Waals surface area contributed by atoms with Crippen molar-refractivity contribution in [3.8, 4) is 0 Å². The molecular weight excluding hydrogens is 188 g/mol. The van der Waals surface area contributed by atoms with Gasteiger partial charge in [0, 0.05) is 5.56 Å². The Morgan fingerprint density at radius 1 is 1.36 bits per heavy atom. The predicted octanol–water partition coefficient (Wildman–Crippen LogP) is 1.56. The summed E-state index contributed by atoms with van der Waals surface area (Å²) in [6.07, 6.45) is 0. The van der Waals surface area contributed by atoms with Crippen LogP contribution in [-0.4, -0.2) is 30.7 Å². The van der Waals surface area contributed by atoms with E-state index in [-0.39, 0.29) is 12.2 Å². The number of likely N-dealkylation sites (N-methyl/N-ethyl adjacent to an activating group) is 1. The maximum Gasteiger partial charge on any atom is 0.128 e. The molecule has 2 nitrogen and oxygen atoms in total. The van der Waals surface area contributed by atoms with Gasteiger partial charge in [0.05, 0.1) is 12.6 Å². The van der Waals surface area contributed by atoms with E-state index in [0.29, 0.717) is 0 Å². The zero-order valence-electron chi connectivity index (χ0n) is 8.17. The normalized spacial score (nSPS) is 13.3. The molecule has 0 heterocycles. The van der Waals surface area contributed by atoms with Gasteiger partial charge in [-0.05, 0) is 32.3 Å². The van der Waals surface area contributed by atoms with Crippen LogP contribution < -0.4 is 0 Å². The minimum Gasteiger partial charge on any atom is -0.394 e. The third-order valence-corrected chi connectivity index (χ3v) is 2.11. The first-order valence-electron chi connectivity index (χ1n) is 4.28. The Labute approximate surface area is 81.8 Å². The quantitative estimate of drug-likeness (QED) is 0.802. The number of hydrogen-bond donors (Lipinski definition) is 1. The molecule has 0 saturated carbocycles. The minimum atomic E-state index is -0.509. The Bertz CT molecular complexity index is 315. The summed E-state index contributed by atoms with van der Waals surface area (Å²) >= 11 is 0. The average Bonchev–Trinajstić information content (AvgIpc) is 2.11. The third kappa shape index (κ3) is 2.27. The molecule has 1 atom stereocenters. The van der Waals surface area contributed by atoms with Gasteiger partial charge in [-0.15, -0.1) is 0 Å². The van der Waals surface area contributed by atoms with Crippen LogP contribution in [0.1, 0.15) is 11.6 Å². The van der Waals surface area contributed by atoms with Crippen LogP contribution in [0.15, 0.2) is 18.2 Å². The molecule has 1 rings (SSSR count). The summed E-state index contributed by atoms with van der Waals surface area (Å²) in [6.45, 7) is -0.243. The number of aliphatic hydroxyl groups is 1. The number of rotatable bonds is 3. The van der Waals surface area contributed by atoms with Crippen molar-refractivity contribution in [2.45, 2.75) is 6.04 Å². The van der Waals surface area contributed by atoms with Crippen molar-refractivity contribution in [1.82, 2.24) is 4.90 Å². The van der Waals surface area contributed by atoms with Crippen molar-refractivity contribution in [3.63, 3.8) is 0 Å². The third-order valence-electron chi connectivity index (χ3n) is 2.11. The fraction of sp³-hybridized carbons (Fsp3) is 0.400. The summed E-state index contributed by atoms with van der Waals surface area (Å²) in [5.41, 5.74) is 0.178. The number of nitrogens with zero attached hydrogens (tertiary/aromatic N) is 1. The number of benzene rings is 1. The van der Waals surface area contributed by atoms with Crippen molar-refractivity contribution in [2.75, 3.05) is 20.7 Å². The second-order valence-electron chi connectivity index (χ2n) is 3.33. The molecule has 1 unspecified atom stereocenters. The van der Waals surface area contributed by atoms with Gasteiger partial charge in [-0.25, -0.2) is 8.78 Å². The van der Waals surface area contributed by atoms with Crippen LogP contribution in [-0.2, 0) is 0 Å². The highest BCUT2D eigenvalue weighted by molar-refractivity contribution is 5.22. The second kappa shape index (κ2) is 4.48. The number of hydrogen-bond acceptors (Lipinski definition) is 2. The van der Waals surface area contributed by atoms with E-state index in [9.17, 15) is 8.78 Å². The number of halogens is 2. The van der Waals surface area contributed by atoms with Crippen molar-refractivity contribution >= 4 is 0 Å². The lowest BCUT2D eigenvalue weighted by molar-refractivity contribution is 0.167. The highest BCUT2D eigenvalue weighted by Gasteiger charge is 2.17. The summed E-state index contributed by atoms with van der Waals surface area (Å²) in [6, 6.07) is 2.72. The second-order valence-corrected chi connectivity index (χ2v) is 3.33. The monoisotopic (exact) mass is 201 g/mol. The molecule has 1 N–H and O–H groups in total. The molecule has 0 fully saturated rings. The summed E-state index contributed by atoms with van der Waals surface area (Å²) < 4.78 is 26.1. The van der Waals surface area contributed by atoms with Crippen LogP contribution in [0.2, 0.25) is 0 Å². The van der Waals surface area contributed by atoms with Gasteiger partial charge in [0.15, 0.2) is 0 Å². The Balaban J connectivity index is 3.08. The van der Waals surface area contributed by atoms with Crippen molar-refractivity contribution in [3.05, 3.63) is 35.4 Å². The molecule has 0 amide bonds. The van der Waals surface area contributed by atoms with E-state index in [0.717, 1.165) is 18.2 Å². The molecule has 1 aromatic carbocycles. The van der Waals surface area contributed by atoms with E-state index in [4.69, 9.17) is 5.11 Å². The number of aliphatic hydroxyl groups excluding tert-OH is 1. The summed E-state index contributed by atoms with van der Waals surface area (Å²) in [4.78, 5) is 1.64. The summed E-state index contributed by atoms with van der Waals surface area (Å²) in [5, 5.41) is 9.03. The van der Waals surface area contributed by atoms with Gasteiger partial charge >= 0.3 is 0 Å². The highest BCUT2D eigenvalue weighted by atomic mass is 19.1. The molecule has 0 aliphatic heterocycles. The van der Waals surface area contributed by atoms with Gasteiger partial charge in [0.1, 0.15) is 11.6 Å². The first-order chi connectivity index (χ1) is 6.56. The summed E-state index contributed by atoms with van der Waals surface area (Å²) in [5.74, 6) is -0.999. The van der Waals surface area contributed by atoms with E-state index in [1.165, 1.54) is 0 Å². The molecule has 1 aromatic rings. The van der Waals surface area contributed by atoms with E-state index >= 15 is 0 Å². The smallest absolute Gasteiger partial charge is 0.128 e. The topological polar surface area (TPSA) is 23.5 Å². The zero-order chi connectivity index (χ0) is 10.7. The zero-order valence-corrected chi connectivity index (χ0v) is 8.17. The molecule has 0 bridgehead atoms. The maximum absolute atomic E-state index is 13.3. The Morgan fingerprint density at radius 2 is 2.00 bits per heavy atom. The van der Waals surface area contributed by atoms with Gasteiger partial charge < -0.3 is 10.0 Å². The van der Waals surface area contributed by atoms with Crippen LogP contribution in [0.5, 0.6) is 0 Å². The van der Waals surface area contributed by atoms with E-state index < -0.39 is 17.7 Å². The maximum atomic E-state index is 13.3. The largest absolute Gasteiger partial charge is 0.394 e. The molecule has 0 radical (unpaired) electrons. The molecular formula is C10H13F2NO. The molecule has 0 saturated heterocycles. The Hall–Kier alpha value is -1.00. The van der Waals surface area contributed by atoms with Gasteiger partial charge in [-0.3, -0.25) is 0 Å². The van der Waals surface area contributed by atoms with Crippen molar-refractivity contribution in [1.29, 1.82) is 0 Å². The van der Waals surface area contributed by atoms with Gasteiger partial charge in [-0.2, -0.15) is 0 Å². The van der Waals surface area contributed by atoms with E-state index in [1.807, 2.05) is 0 Å². The van der Waals surface area contributed by atoms with Crippen molar-refractivity contribution in [2.24, 2.45) is 0 Å². The standard InChI is InChI=1S/C10H13F2NO/c1-13(2)10(6-14)8-5-7(11)3-4-9(8)12/h3-5,10,14H,6H2,1-2H3. The highest BCUT2D eigenvalue weighted by Crippen LogP contribution is 2.21. The predicted molar refractivity (Wildman–Crippen MR) is 49.9 cm³/mol. The summed E-state index contributed by atoms with van der Waals surface area (Å²) in [7, 11) is 3.40. The van der Waals surface area contributed by atoms with Crippen LogP contribution in [0.3, 0.4) is 0 Å². The van der Waals surface area contributed by atoms with Gasteiger partial charge in [0.25, 0.3) is 0 Å². The fourth-order valence-corrected chi connectivity index (χ4v) is 1.31. The van der Waals surface area contributed by atoms with Gasteiger partial charge in [0.2, 0.25) is 0 Å². The molecule has 78 valence electrons. The lowest BCUT2D eigenvalue weighted by Crippen LogP contribution is -2.24. The average molecular weight is 201 g/mol. The first kappa shape index (κ1) is 11.1. The molecule has 0 aliphatic rings. The van der Waals surface area contributed by atoms with Crippen LogP contribution in [0, 0.1) is 11.6 Å². The van der Waals surface area contributed by atoms with Crippen molar-refractivity contribution < 1.29 is 13.9 Å². The van der Waals surface area contributed by atoms with E-state index in [2.05, 4.69) is 0 Å². The molecule has 0 aliphatic carbocycles. The molecule has 14 heavy (non-hydrogen) atoms. The Morgan fingerprint density at radius 3 is 2.50 bits per heavy atom.